The van der Waals surface area contributed by atoms with Gasteiger partial charge in [-0.25, -0.2) is 4.79 Å². The lowest BCUT2D eigenvalue weighted by Crippen LogP contribution is -2.01. The van der Waals surface area contributed by atoms with Gasteiger partial charge in [0.2, 0.25) is 0 Å². The van der Waals surface area contributed by atoms with E-state index >= 15 is 0 Å². The van der Waals surface area contributed by atoms with Crippen molar-refractivity contribution < 1.29 is 9.90 Å². The lowest BCUT2D eigenvalue weighted by molar-refractivity contribution is 0.0697. The van der Waals surface area contributed by atoms with Gasteiger partial charge in [0.15, 0.2) is 0 Å². The molecule has 1 aromatic heterocycles. The first kappa shape index (κ1) is 13.5. The number of aromatic nitrogens is 1. The number of benzene rings is 2. The Labute approximate surface area is 126 Å². The van der Waals surface area contributed by atoms with Gasteiger partial charge in [-0.3, -0.25) is 0 Å². The number of aromatic amines is 1. The predicted molar refractivity (Wildman–Crippen MR) is 84.0 cm³/mol. The SMILES string of the molecule is O=C(O)c1ccc(NCc2[nH]c3ccccc3c2Cl)cc1. The van der Waals surface area contributed by atoms with Crippen molar-refractivity contribution in [2.45, 2.75) is 6.54 Å². The molecule has 1 heterocycles. The van der Waals surface area contributed by atoms with Crippen LogP contribution in [0.25, 0.3) is 10.9 Å². The minimum atomic E-state index is -0.930. The van der Waals surface area contributed by atoms with Crippen LogP contribution in [0.2, 0.25) is 5.02 Å². The van der Waals surface area contributed by atoms with Gasteiger partial charge in [0.25, 0.3) is 0 Å². The van der Waals surface area contributed by atoms with Gasteiger partial charge < -0.3 is 15.4 Å². The molecular weight excluding hydrogens is 288 g/mol. The number of carboxylic acid groups (broad SMARTS) is 1. The number of fused-ring (bicyclic) bond motifs is 1. The van der Waals surface area contributed by atoms with E-state index in [-0.39, 0.29) is 5.56 Å². The van der Waals surface area contributed by atoms with Crippen molar-refractivity contribution in [3.8, 4) is 0 Å². The lowest BCUT2D eigenvalue weighted by Gasteiger charge is -2.06. The Balaban J connectivity index is 1.77. The average molecular weight is 301 g/mol. The van der Waals surface area contributed by atoms with E-state index in [1.54, 1.807) is 24.3 Å². The standard InChI is InChI=1S/C16H13ClN2O2/c17-15-12-3-1-2-4-13(12)19-14(15)9-18-11-7-5-10(6-8-11)16(20)21/h1-8,18-19H,9H2,(H,20,21). The van der Waals surface area contributed by atoms with E-state index < -0.39 is 5.97 Å². The van der Waals surface area contributed by atoms with Gasteiger partial charge in [0.05, 0.1) is 22.8 Å². The molecule has 106 valence electrons. The Morgan fingerprint density at radius 3 is 2.52 bits per heavy atom. The summed E-state index contributed by atoms with van der Waals surface area (Å²) in [7, 11) is 0. The van der Waals surface area contributed by atoms with Crippen LogP contribution in [0.3, 0.4) is 0 Å². The van der Waals surface area contributed by atoms with Crippen LogP contribution >= 0.6 is 11.6 Å². The molecule has 0 radical (unpaired) electrons. The van der Waals surface area contributed by atoms with Gasteiger partial charge in [-0.2, -0.15) is 0 Å². The number of para-hydroxylation sites is 1. The van der Waals surface area contributed by atoms with E-state index in [9.17, 15) is 4.79 Å². The van der Waals surface area contributed by atoms with Gasteiger partial charge in [0, 0.05) is 16.6 Å². The number of anilines is 1. The van der Waals surface area contributed by atoms with Crippen LogP contribution in [0.5, 0.6) is 0 Å². The predicted octanol–water partition coefficient (Wildman–Crippen LogP) is 4.13. The van der Waals surface area contributed by atoms with Gasteiger partial charge in [-0.15, -0.1) is 0 Å². The number of carbonyl (C=O) groups is 1. The number of carboxylic acids is 1. The highest BCUT2D eigenvalue weighted by atomic mass is 35.5. The maximum absolute atomic E-state index is 10.8. The largest absolute Gasteiger partial charge is 0.478 e. The fourth-order valence-electron chi connectivity index (χ4n) is 2.21. The zero-order valence-corrected chi connectivity index (χ0v) is 11.8. The topological polar surface area (TPSA) is 65.1 Å². The lowest BCUT2D eigenvalue weighted by atomic mass is 10.2. The number of rotatable bonds is 4. The van der Waals surface area contributed by atoms with Gasteiger partial charge in [-0.05, 0) is 30.3 Å². The Hall–Kier alpha value is -2.46. The molecule has 2 aromatic carbocycles. The molecule has 0 aliphatic rings. The summed E-state index contributed by atoms with van der Waals surface area (Å²) < 4.78 is 0. The van der Waals surface area contributed by atoms with E-state index in [0.717, 1.165) is 22.3 Å². The molecule has 0 spiro atoms. The summed E-state index contributed by atoms with van der Waals surface area (Å²) in [5.74, 6) is -0.930. The number of aromatic carboxylic acids is 1. The Morgan fingerprint density at radius 2 is 1.86 bits per heavy atom. The summed E-state index contributed by atoms with van der Waals surface area (Å²) in [6, 6.07) is 14.5. The summed E-state index contributed by atoms with van der Waals surface area (Å²) in [6.45, 7) is 0.542. The van der Waals surface area contributed by atoms with Crippen molar-refractivity contribution >= 4 is 34.2 Å². The summed E-state index contributed by atoms with van der Waals surface area (Å²) in [5.41, 5.74) is 3.01. The molecule has 3 N–H and O–H groups in total. The molecular formula is C16H13ClN2O2. The van der Waals surface area contributed by atoms with Crippen LogP contribution in [0.15, 0.2) is 48.5 Å². The molecule has 0 aliphatic heterocycles. The highest BCUT2D eigenvalue weighted by molar-refractivity contribution is 6.36. The molecule has 0 saturated carbocycles. The van der Waals surface area contributed by atoms with Crippen molar-refractivity contribution in [1.82, 2.24) is 4.98 Å². The van der Waals surface area contributed by atoms with E-state index in [4.69, 9.17) is 16.7 Å². The molecule has 0 saturated heterocycles. The Morgan fingerprint density at radius 1 is 1.14 bits per heavy atom. The minimum Gasteiger partial charge on any atom is -0.478 e. The average Bonchev–Trinajstić information content (AvgIpc) is 2.82. The Kier molecular flexibility index (Phi) is 3.54. The van der Waals surface area contributed by atoms with Crippen LogP contribution in [0, 0.1) is 0 Å². The monoisotopic (exact) mass is 300 g/mol. The van der Waals surface area contributed by atoms with E-state index in [2.05, 4.69) is 10.3 Å². The van der Waals surface area contributed by atoms with Crippen LogP contribution in [-0.2, 0) is 6.54 Å². The Bertz CT molecular complexity index is 794. The molecule has 5 heteroatoms. The van der Waals surface area contributed by atoms with Crippen molar-refractivity contribution in [3.05, 3.63) is 64.8 Å². The molecule has 3 aromatic rings. The van der Waals surface area contributed by atoms with Gasteiger partial charge >= 0.3 is 5.97 Å². The molecule has 0 bridgehead atoms. The summed E-state index contributed by atoms with van der Waals surface area (Å²) >= 11 is 6.34. The smallest absolute Gasteiger partial charge is 0.335 e. The fraction of sp³-hybridized carbons (Fsp3) is 0.0625. The first-order valence-electron chi connectivity index (χ1n) is 6.47. The first-order chi connectivity index (χ1) is 10.1. The van der Waals surface area contributed by atoms with Gasteiger partial charge in [-0.1, -0.05) is 29.8 Å². The number of hydrogen-bond acceptors (Lipinski definition) is 2. The molecule has 21 heavy (non-hydrogen) atoms. The summed E-state index contributed by atoms with van der Waals surface area (Å²) in [4.78, 5) is 14.1. The summed E-state index contributed by atoms with van der Waals surface area (Å²) in [6.07, 6.45) is 0. The fourth-order valence-corrected chi connectivity index (χ4v) is 2.49. The zero-order chi connectivity index (χ0) is 14.8. The van der Waals surface area contributed by atoms with Crippen LogP contribution in [0.1, 0.15) is 16.1 Å². The second-order valence-electron chi connectivity index (χ2n) is 4.70. The molecule has 0 atom stereocenters. The molecule has 3 rings (SSSR count). The molecule has 0 unspecified atom stereocenters. The van der Waals surface area contributed by atoms with E-state index in [0.29, 0.717) is 11.6 Å². The van der Waals surface area contributed by atoms with Crippen LogP contribution in [-0.4, -0.2) is 16.1 Å². The number of halogens is 1. The summed E-state index contributed by atoms with van der Waals surface area (Å²) in [5, 5.41) is 13.8. The van der Waals surface area contributed by atoms with Crippen molar-refractivity contribution in [2.24, 2.45) is 0 Å². The second-order valence-corrected chi connectivity index (χ2v) is 5.08. The minimum absolute atomic E-state index is 0.268. The van der Waals surface area contributed by atoms with Crippen molar-refractivity contribution in [3.63, 3.8) is 0 Å². The first-order valence-corrected chi connectivity index (χ1v) is 6.85. The molecule has 0 aliphatic carbocycles. The third kappa shape index (κ3) is 2.71. The van der Waals surface area contributed by atoms with E-state index in [1.807, 2.05) is 24.3 Å². The third-order valence-electron chi connectivity index (χ3n) is 3.32. The molecule has 0 fully saturated rings. The normalized spacial score (nSPS) is 10.7. The number of nitrogens with one attached hydrogen (secondary N) is 2. The quantitative estimate of drug-likeness (QED) is 0.678. The van der Waals surface area contributed by atoms with Crippen LogP contribution < -0.4 is 5.32 Å². The number of hydrogen-bond donors (Lipinski definition) is 3. The highest BCUT2D eigenvalue weighted by Gasteiger charge is 2.08. The molecule has 0 amide bonds. The van der Waals surface area contributed by atoms with Crippen LogP contribution in [0.4, 0.5) is 5.69 Å². The highest BCUT2D eigenvalue weighted by Crippen LogP contribution is 2.27. The van der Waals surface area contributed by atoms with Gasteiger partial charge in [0.1, 0.15) is 0 Å². The van der Waals surface area contributed by atoms with Crippen molar-refractivity contribution in [1.29, 1.82) is 0 Å². The maximum atomic E-state index is 10.8. The number of H-pyrrole nitrogens is 1. The molecule has 4 nitrogen and oxygen atoms in total. The zero-order valence-electron chi connectivity index (χ0n) is 11.1. The second kappa shape index (κ2) is 5.50. The van der Waals surface area contributed by atoms with E-state index in [1.165, 1.54) is 0 Å². The third-order valence-corrected chi connectivity index (χ3v) is 3.75. The maximum Gasteiger partial charge on any atom is 0.335 e. The van der Waals surface area contributed by atoms with Crippen molar-refractivity contribution in [2.75, 3.05) is 5.32 Å².